The summed E-state index contributed by atoms with van der Waals surface area (Å²) in [6.07, 6.45) is 1.81. The van der Waals surface area contributed by atoms with Crippen molar-refractivity contribution in [1.29, 1.82) is 0 Å². The number of benzene rings is 3. The Bertz CT molecular complexity index is 1310. The lowest BCUT2D eigenvalue weighted by molar-refractivity contribution is -0.120. The van der Waals surface area contributed by atoms with E-state index in [9.17, 15) is 9.59 Å². The number of hydrazine groups is 1. The van der Waals surface area contributed by atoms with Crippen molar-refractivity contribution >= 4 is 22.5 Å². The average Bonchev–Trinajstić information content (AvgIpc) is 2.85. The molecule has 1 aliphatic rings. The van der Waals surface area contributed by atoms with Crippen LogP contribution in [0, 0.1) is 13.8 Å². The largest absolute Gasteiger partial charge is 0.497 e. The predicted octanol–water partition coefficient (Wildman–Crippen LogP) is 6.24. The zero-order valence-electron chi connectivity index (χ0n) is 22.6. The lowest BCUT2D eigenvalue weighted by Gasteiger charge is -2.48. The Morgan fingerprint density at radius 1 is 1.08 bits per heavy atom. The molecule has 5 heteroatoms. The van der Waals surface area contributed by atoms with Gasteiger partial charge in [-0.2, -0.15) is 0 Å². The molecule has 1 N–H and O–H groups in total. The van der Waals surface area contributed by atoms with Crippen LogP contribution in [0.4, 0.5) is 0 Å². The highest BCUT2D eigenvalue weighted by molar-refractivity contribution is 5.98. The molecule has 0 fully saturated rings. The number of methoxy groups -OCH3 is 1. The second-order valence-electron chi connectivity index (χ2n) is 10.7. The van der Waals surface area contributed by atoms with E-state index in [1.807, 2.05) is 50.2 Å². The van der Waals surface area contributed by atoms with E-state index in [1.165, 1.54) is 0 Å². The number of amides is 1. The molecule has 2 atom stereocenters. The molecule has 5 nitrogen and oxygen atoms in total. The number of nitrogens with zero attached hydrogens (tertiary/aromatic N) is 1. The molecule has 4 rings (SSSR count). The Morgan fingerprint density at radius 2 is 1.78 bits per heavy atom. The van der Waals surface area contributed by atoms with Gasteiger partial charge in [0.25, 0.3) is 5.91 Å². The first-order chi connectivity index (χ1) is 17.1. The highest BCUT2D eigenvalue weighted by Crippen LogP contribution is 2.41. The van der Waals surface area contributed by atoms with Gasteiger partial charge in [-0.05, 0) is 65.9 Å². The molecule has 0 unspecified atom stereocenters. The Hall–Kier alpha value is -3.18. The molecular formula is C31H38N2O3. The Kier molecular flexibility index (Phi) is 7.24. The Morgan fingerprint density at radius 3 is 2.47 bits per heavy atom. The molecule has 0 spiro atoms. The molecule has 0 bridgehead atoms. The van der Waals surface area contributed by atoms with Gasteiger partial charge in [0.1, 0.15) is 5.75 Å². The molecule has 0 saturated carbocycles. The zero-order valence-corrected chi connectivity index (χ0v) is 22.6. The quantitative estimate of drug-likeness (QED) is 0.409. The minimum Gasteiger partial charge on any atom is -0.497 e. The number of fused-ring (bicyclic) bond motifs is 2. The van der Waals surface area contributed by atoms with Crippen molar-refractivity contribution in [1.82, 2.24) is 10.4 Å². The van der Waals surface area contributed by atoms with Crippen LogP contribution in [-0.4, -0.2) is 36.4 Å². The zero-order chi connectivity index (χ0) is 26.2. The van der Waals surface area contributed by atoms with E-state index in [-0.39, 0.29) is 35.6 Å². The van der Waals surface area contributed by atoms with E-state index in [2.05, 4.69) is 45.3 Å². The number of nitrogens with one attached hydrogen (secondary N) is 1. The van der Waals surface area contributed by atoms with Crippen molar-refractivity contribution in [2.45, 2.75) is 71.8 Å². The topological polar surface area (TPSA) is 58.6 Å². The molecule has 0 radical (unpaired) electrons. The first kappa shape index (κ1) is 25.9. The molecule has 0 aromatic heterocycles. The minimum absolute atomic E-state index is 0.0392. The smallest absolute Gasteiger partial charge is 0.268 e. The SMILES string of the molecule is CCC[C@H]1N(NCC(=O)[C@@H](C)c2ccc3cc(OC)ccc3c2)C(=O)c2cc(C)cc(C)c2C1(C)C. The van der Waals surface area contributed by atoms with Gasteiger partial charge in [-0.3, -0.25) is 14.6 Å². The third-order valence-corrected chi connectivity index (χ3v) is 7.76. The number of aryl methyl sites for hydroxylation is 2. The average molecular weight is 487 g/mol. The maximum atomic E-state index is 13.7. The summed E-state index contributed by atoms with van der Waals surface area (Å²) in [4.78, 5) is 27.0. The summed E-state index contributed by atoms with van der Waals surface area (Å²) >= 11 is 0. The van der Waals surface area contributed by atoms with Crippen LogP contribution in [0.25, 0.3) is 10.8 Å². The number of hydrogen-bond donors (Lipinski definition) is 1. The van der Waals surface area contributed by atoms with Gasteiger partial charge in [0.15, 0.2) is 5.78 Å². The molecule has 1 heterocycles. The maximum Gasteiger partial charge on any atom is 0.268 e. The third kappa shape index (κ3) is 4.64. The lowest BCUT2D eigenvalue weighted by atomic mass is 9.69. The molecule has 0 aliphatic carbocycles. The van der Waals surface area contributed by atoms with E-state index in [4.69, 9.17) is 4.74 Å². The van der Waals surface area contributed by atoms with Crippen LogP contribution in [0.5, 0.6) is 5.75 Å². The van der Waals surface area contributed by atoms with Crippen LogP contribution < -0.4 is 10.2 Å². The van der Waals surface area contributed by atoms with Crippen LogP contribution >= 0.6 is 0 Å². The predicted molar refractivity (Wildman–Crippen MR) is 146 cm³/mol. The van der Waals surface area contributed by atoms with E-state index in [1.54, 1.807) is 12.1 Å². The van der Waals surface area contributed by atoms with Gasteiger partial charge in [0, 0.05) is 16.9 Å². The van der Waals surface area contributed by atoms with E-state index < -0.39 is 0 Å². The maximum absolute atomic E-state index is 13.7. The van der Waals surface area contributed by atoms with Crippen molar-refractivity contribution in [3.63, 3.8) is 0 Å². The standard InChI is InChI=1S/C31H38N2O3/c1-8-9-28-31(5,6)29-20(3)14-19(2)15-26(29)30(35)33(28)32-18-27(34)21(4)22-10-11-24-17-25(36-7)13-12-23(24)16-22/h10-17,21,28,32H,8-9,18H2,1-7H3/t21-,28+/m0/s1. The molecule has 3 aromatic carbocycles. The van der Waals surface area contributed by atoms with Crippen molar-refractivity contribution < 1.29 is 14.3 Å². The molecule has 0 saturated heterocycles. The van der Waals surface area contributed by atoms with E-state index in [0.717, 1.165) is 57.2 Å². The molecular weight excluding hydrogens is 448 g/mol. The summed E-state index contributed by atoms with van der Waals surface area (Å²) in [6, 6.07) is 16.1. The summed E-state index contributed by atoms with van der Waals surface area (Å²) in [5.41, 5.74) is 8.08. The fraction of sp³-hybridized carbons (Fsp3) is 0.419. The van der Waals surface area contributed by atoms with Gasteiger partial charge < -0.3 is 4.74 Å². The van der Waals surface area contributed by atoms with Gasteiger partial charge in [0.2, 0.25) is 0 Å². The Balaban J connectivity index is 1.57. The molecule has 190 valence electrons. The number of ketones is 1. The molecule has 1 amide bonds. The van der Waals surface area contributed by atoms with Crippen molar-refractivity contribution in [2.24, 2.45) is 0 Å². The fourth-order valence-electron chi connectivity index (χ4n) is 5.84. The monoisotopic (exact) mass is 486 g/mol. The van der Waals surface area contributed by atoms with Crippen LogP contribution in [0.2, 0.25) is 0 Å². The number of rotatable bonds is 8. The number of hydrogen-bond acceptors (Lipinski definition) is 4. The highest BCUT2D eigenvalue weighted by atomic mass is 16.5. The van der Waals surface area contributed by atoms with Crippen molar-refractivity contribution in [3.8, 4) is 5.75 Å². The van der Waals surface area contributed by atoms with Crippen LogP contribution in [-0.2, 0) is 10.2 Å². The molecule has 36 heavy (non-hydrogen) atoms. The minimum atomic E-state index is -0.293. The van der Waals surface area contributed by atoms with Gasteiger partial charge in [-0.15, -0.1) is 0 Å². The van der Waals surface area contributed by atoms with Crippen molar-refractivity contribution in [2.75, 3.05) is 13.7 Å². The van der Waals surface area contributed by atoms with Crippen LogP contribution in [0.15, 0.2) is 48.5 Å². The first-order valence-electron chi connectivity index (χ1n) is 12.9. The lowest BCUT2D eigenvalue weighted by Crippen LogP contribution is -2.61. The second kappa shape index (κ2) is 10.1. The molecule has 3 aromatic rings. The van der Waals surface area contributed by atoms with Crippen molar-refractivity contribution in [3.05, 3.63) is 76.3 Å². The van der Waals surface area contributed by atoms with E-state index in [0.29, 0.717) is 0 Å². The van der Waals surface area contributed by atoms with Gasteiger partial charge in [-0.25, -0.2) is 5.43 Å². The Labute approximate surface area is 214 Å². The van der Waals surface area contributed by atoms with Gasteiger partial charge >= 0.3 is 0 Å². The highest BCUT2D eigenvalue weighted by Gasteiger charge is 2.45. The van der Waals surface area contributed by atoms with Gasteiger partial charge in [-0.1, -0.05) is 70.0 Å². The summed E-state index contributed by atoms with van der Waals surface area (Å²) in [5, 5.41) is 3.88. The second-order valence-corrected chi connectivity index (χ2v) is 10.7. The summed E-state index contributed by atoms with van der Waals surface area (Å²) < 4.78 is 5.32. The van der Waals surface area contributed by atoms with Crippen LogP contribution in [0.3, 0.4) is 0 Å². The van der Waals surface area contributed by atoms with E-state index >= 15 is 0 Å². The number of carbonyl (C=O) groups is 2. The normalized spacial score (nSPS) is 17.7. The fourth-order valence-corrected chi connectivity index (χ4v) is 5.84. The third-order valence-electron chi connectivity index (χ3n) is 7.76. The number of carbonyl (C=O) groups excluding carboxylic acids is 2. The first-order valence-corrected chi connectivity index (χ1v) is 12.9. The summed E-state index contributed by atoms with van der Waals surface area (Å²) in [6.45, 7) is 12.7. The van der Waals surface area contributed by atoms with Gasteiger partial charge in [0.05, 0.1) is 19.7 Å². The summed E-state index contributed by atoms with van der Waals surface area (Å²) in [5.74, 6) is 0.522. The van der Waals surface area contributed by atoms with Crippen LogP contribution in [0.1, 0.15) is 79.1 Å². The molecule has 1 aliphatic heterocycles. The summed E-state index contributed by atoms with van der Waals surface area (Å²) in [7, 11) is 1.66. The number of ether oxygens (including phenoxy) is 1. The number of Topliss-reactive ketones (excluding diaryl/α,β-unsaturated/α-hetero) is 1.